The molecule has 0 radical (unpaired) electrons. The third-order valence-electron chi connectivity index (χ3n) is 10.7. The highest BCUT2D eigenvalue weighted by Crippen LogP contribution is 2.52. The summed E-state index contributed by atoms with van der Waals surface area (Å²) >= 11 is 8.86. The van der Waals surface area contributed by atoms with Crippen molar-refractivity contribution in [3.63, 3.8) is 0 Å². The van der Waals surface area contributed by atoms with Gasteiger partial charge in [-0.2, -0.15) is 47.0 Å². The summed E-state index contributed by atoms with van der Waals surface area (Å²) in [6, 6.07) is 0. The molecule has 1 N–H and O–H groups in total. The second kappa shape index (κ2) is 33.7. The van der Waals surface area contributed by atoms with Crippen LogP contribution in [0, 0.1) is 10.8 Å². The summed E-state index contributed by atoms with van der Waals surface area (Å²) in [5.41, 5.74) is 1.58. The highest BCUT2D eigenvalue weighted by molar-refractivity contribution is 8.00. The molecule has 0 aromatic carbocycles. The number of thioether (sulfide) groups is 4. The Labute approximate surface area is 326 Å². The number of hydrogen-bond acceptors (Lipinski definition) is 5. The van der Waals surface area contributed by atoms with Gasteiger partial charge in [-0.1, -0.05) is 169 Å². The van der Waals surface area contributed by atoms with Gasteiger partial charge in [0.1, 0.15) is 0 Å². The maximum absolute atomic E-state index is 12.2. The van der Waals surface area contributed by atoms with Crippen molar-refractivity contribution in [1.29, 1.82) is 0 Å². The molecule has 49 heavy (non-hydrogen) atoms. The first-order chi connectivity index (χ1) is 24.0. The summed E-state index contributed by atoms with van der Waals surface area (Å²) in [7, 11) is 0. The van der Waals surface area contributed by atoms with Gasteiger partial charge in [-0.15, -0.1) is 0 Å². The molecule has 1 nitrogen and oxygen atoms in total. The minimum absolute atomic E-state index is 0.00126. The third kappa shape index (κ3) is 23.5. The van der Waals surface area contributed by atoms with Crippen molar-refractivity contribution < 1.29 is 5.11 Å². The van der Waals surface area contributed by atoms with Crippen LogP contribution in [0.4, 0.5) is 0 Å². The number of rotatable bonds is 37. The molecule has 0 heterocycles. The van der Waals surface area contributed by atoms with E-state index in [-0.39, 0.29) is 16.9 Å². The lowest BCUT2D eigenvalue weighted by atomic mass is 9.64. The number of allylic oxidation sites excluding steroid dienone is 1. The standard InChI is InChI=1S/C44H86OS4/c1-6-11-15-19-23-27-31-46-37-43(38-47-32-28-24-20-16-12-7-2)35-41(10-5)42(45)44(36-43,39-48-33-29-25-21-17-13-8-3)40-49-34-30-26-22-18-14-9-4/h35,42,45H,6-34,36-40H2,1-5H3. The fourth-order valence-electron chi connectivity index (χ4n) is 7.58. The van der Waals surface area contributed by atoms with Gasteiger partial charge in [-0.05, 0) is 67.1 Å². The first-order valence-electron chi connectivity index (χ1n) is 21.7. The average molecular weight is 759 g/mol. The van der Waals surface area contributed by atoms with Crippen molar-refractivity contribution in [2.75, 3.05) is 46.0 Å². The lowest BCUT2D eigenvalue weighted by Gasteiger charge is -2.50. The number of aliphatic hydroxyl groups is 1. The molecule has 0 amide bonds. The van der Waals surface area contributed by atoms with Crippen LogP contribution in [0.25, 0.3) is 0 Å². The minimum Gasteiger partial charge on any atom is -0.388 e. The Bertz CT molecular complexity index is 700. The van der Waals surface area contributed by atoms with Gasteiger partial charge in [-0.3, -0.25) is 0 Å². The van der Waals surface area contributed by atoms with Crippen LogP contribution in [0.15, 0.2) is 11.6 Å². The van der Waals surface area contributed by atoms with Crippen molar-refractivity contribution >= 4 is 47.0 Å². The molecule has 0 aromatic heterocycles. The van der Waals surface area contributed by atoms with Gasteiger partial charge in [0.2, 0.25) is 0 Å². The quantitative estimate of drug-likeness (QED) is 0.0501. The topological polar surface area (TPSA) is 20.2 Å². The SMILES string of the molecule is CCCCCCCCSCC1(CSCCCCCCCC)C=C(CC)C(O)C(CSCCCCCCCC)(CSCCCCCCCC)C1. The van der Waals surface area contributed by atoms with E-state index in [0.29, 0.717) is 0 Å². The van der Waals surface area contributed by atoms with E-state index in [1.165, 1.54) is 201 Å². The predicted molar refractivity (Wildman–Crippen MR) is 237 cm³/mol. The molecule has 0 aliphatic heterocycles. The van der Waals surface area contributed by atoms with Crippen LogP contribution in [0.3, 0.4) is 0 Å². The van der Waals surface area contributed by atoms with Crippen LogP contribution in [0.1, 0.15) is 202 Å². The summed E-state index contributed by atoms with van der Waals surface area (Å²) in [5, 5.41) is 12.2. The fourth-order valence-corrected chi connectivity index (χ4v) is 13.0. The van der Waals surface area contributed by atoms with Crippen LogP contribution in [-0.2, 0) is 0 Å². The Morgan fingerprint density at radius 1 is 0.469 bits per heavy atom. The Morgan fingerprint density at radius 2 is 0.776 bits per heavy atom. The van der Waals surface area contributed by atoms with E-state index in [4.69, 9.17) is 0 Å². The zero-order chi connectivity index (χ0) is 35.7. The first kappa shape index (κ1) is 48.1. The van der Waals surface area contributed by atoms with Crippen LogP contribution in [0.2, 0.25) is 0 Å². The summed E-state index contributed by atoms with van der Waals surface area (Å²) in [6.07, 6.45) is 37.7. The van der Waals surface area contributed by atoms with Crippen LogP contribution in [-0.4, -0.2) is 57.2 Å². The van der Waals surface area contributed by atoms with Crippen molar-refractivity contribution in [2.24, 2.45) is 10.8 Å². The molecule has 292 valence electrons. The molecule has 1 atom stereocenters. The number of hydrogen-bond donors (Lipinski definition) is 1. The Balaban J connectivity index is 3.03. The molecule has 0 saturated carbocycles. The van der Waals surface area contributed by atoms with Crippen LogP contribution in [0.5, 0.6) is 0 Å². The molecule has 0 aromatic rings. The molecule has 1 aliphatic carbocycles. The zero-order valence-electron chi connectivity index (χ0n) is 33.8. The molecular weight excluding hydrogens is 673 g/mol. The molecule has 5 heteroatoms. The summed E-state index contributed by atoms with van der Waals surface area (Å²) in [4.78, 5) is 0. The predicted octanol–water partition coefficient (Wildman–Crippen LogP) is 15.4. The summed E-state index contributed by atoms with van der Waals surface area (Å²) < 4.78 is 0. The minimum atomic E-state index is -0.271. The first-order valence-corrected chi connectivity index (χ1v) is 26.4. The van der Waals surface area contributed by atoms with E-state index >= 15 is 0 Å². The van der Waals surface area contributed by atoms with Gasteiger partial charge in [0, 0.05) is 33.8 Å². The van der Waals surface area contributed by atoms with E-state index in [0.717, 1.165) is 17.9 Å². The second-order valence-electron chi connectivity index (χ2n) is 15.7. The van der Waals surface area contributed by atoms with E-state index in [1.807, 2.05) is 0 Å². The number of unbranched alkanes of at least 4 members (excludes halogenated alkanes) is 20. The monoisotopic (exact) mass is 759 g/mol. The molecule has 0 saturated heterocycles. The van der Waals surface area contributed by atoms with Gasteiger partial charge in [0.05, 0.1) is 6.10 Å². The van der Waals surface area contributed by atoms with Crippen molar-refractivity contribution in [3.05, 3.63) is 11.6 Å². The Kier molecular flexibility index (Phi) is 33.0. The third-order valence-corrected chi connectivity index (χ3v) is 16.1. The maximum atomic E-state index is 12.2. The Hall–Kier alpha value is 1.10. The van der Waals surface area contributed by atoms with Gasteiger partial charge in [0.15, 0.2) is 0 Å². The second-order valence-corrected chi connectivity index (χ2v) is 20.1. The van der Waals surface area contributed by atoms with Gasteiger partial charge < -0.3 is 5.11 Å². The van der Waals surface area contributed by atoms with E-state index < -0.39 is 0 Å². The normalized spacial score (nSPS) is 17.1. The molecule has 0 spiro atoms. The molecule has 1 unspecified atom stereocenters. The molecule has 1 rings (SSSR count). The van der Waals surface area contributed by atoms with Crippen LogP contribution < -0.4 is 0 Å². The Morgan fingerprint density at radius 3 is 1.10 bits per heavy atom. The number of aliphatic hydroxyl groups excluding tert-OH is 1. The van der Waals surface area contributed by atoms with Gasteiger partial charge >= 0.3 is 0 Å². The largest absolute Gasteiger partial charge is 0.388 e. The molecule has 1 aliphatic rings. The maximum Gasteiger partial charge on any atom is 0.0822 e. The zero-order valence-corrected chi connectivity index (χ0v) is 37.0. The fraction of sp³-hybridized carbons (Fsp3) is 0.955. The summed E-state index contributed by atoms with van der Waals surface area (Å²) in [6.45, 7) is 11.6. The molecule has 0 fully saturated rings. The highest BCUT2D eigenvalue weighted by Gasteiger charge is 2.49. The van der Waals surface area contributed by atoms with Gasteiger partial charge in [0.25, 0.3) is 0 Å². The van der Waals surface area contributed by atoms with E-state index in [1.54, 1.807) is 0 Å². The highest BCUT2D eigenvalue weighted by atomic mass is 32.2. The van der Waals surface area contributed by atoms with E-state index in [2.05, 4.69) is 87.7 Å². The average Bonchev–Trinajstić information content (AvgIpc) is 3.11. The lowest BCUT2D eigenvalue weighted by Crippen LogP contribution is -2.50. The summed E-state index contributed by atoms with van der Waals surface area (Å²) in [5.74, 6) is 9.90. The van der Waals surface area contributed by atoms with Crippen LogP contribution >= 0.6 is 47.0 Å². The van der Waals surface area contributed by atoms with Crippen molar-refractivity contribution in [1.82, 2.24) is 0 Å². The molecule has 0 bridgehead atoms. The van der Waals surface area contributed by atoms with Crippen molar-refractivity contribution in [3.8, 4) is 0 Å². The smallest absolute Gasteiger partial charge is 0.0822 e. The van der Waals surface area contributed by atoms with Crippen molar-refractivity contribution in [2.45, 2.75) is 208 Å². The molecular formula is C44H86OS4. The van der Waals surface area contributed by atoms with E-state index in [9.17, 15) is 5.11 Å². The lowest BCUT2D eigenvalue weighted by molar-refractivity contribution is 0.0453. The van der Waals surface area contributed by atoms with Gasteiger partial charge in [-0.25, -0.2) is 0 Å².